The topological polar surface area (TPSA) is 75.2 Å². The van der Waals surface area contributed by atoms with Crippen LogP contribution in [-0.4, -0.2) is 33.0 Å². The molecule has 0 bridgehead atoms. The Labute approximate surface area is 140 Å². The van der Waals surface area contributed by atoms with Gasteiger partial charge in [0.25, 0.3) is 5.91 Å². The van der Waals surface area contributed by atoms with Crippen LogP contribution in [0, 0.1) is 12.8 Å². The highest BCUT2D eigenvalue weighted by Crippen LogP contribution is 2.27. The van der Waals surface area contributed by atoms with Gasteiger partial charge >= 0.3 is 0 Å². The summed E-state index contributed by atoms with van der Waals surface area (Å²) in [6.45, 7) is 6.12. The summed E-state index contributed by atoms with van der Waals surface area (Å²) >= 11 is 0. The van der Waals surface area contributed by atoms with E-state index in [0.29, 0.717) is 23.5 Å². The molecule has 0 spiro atoms. The van der Waals surface area contributed by atoms with Gasteiger partial charge in [-0.25, -0.2) is 0 Å². The van der Waals surface area contributed by atoms with Crippen molar-refractivity contribution in [3.05, 3.63) is 53.3 Å². The molecule has 6 heteroatoms. The second-order valence-electron chi connectivity index (χ2n) is 6.30. The van der Waals surface area contributed by atoms with Crippen molar-refractivity contribution in [2.45, 2.75) is 33.4 Å². The minimum atomic E-state index is -0.544. The number of rotatable bonds is 4. The summed E-state index contributed by atoms with van der Waals surface area (Å²) in [7, 11) is 0. The van der Waals surface area contributed by atoms with Crippen molar-refractivity contribution in [2.24, 2.45) is 5.92 Å². The smallest absolute Gasteiger partial charge is 0.255 e. The van der Waals surface area contributed by atoms with Gasteiger partial charge in [0.05, 0.1) is 17.6 Å². The van der Waals surface area contributed by atoms with Crippen LogP contribution >= 0.6 is 0 Å². The van der Waals surface area contributed by atoms with E-state index < -0.39 is 6.04 Å². The second kappa shape index (κ2) is 6.39. The Kier molecular flexibility index (Phi) is 4.29. The Morgan fingerprint density at radius 1 is 1.25 bits per heavy atom. The van der Waals surface area contributed by atoms with Crippen molar-refractivity contribution in [2.75, 3.05) is 5.32 Å². The van der Waals surface area contributed by atoms with Gasteiger partial charge in [0.15, 0.2) is 0 Å². The lowest BCUT2D eigenvalue weighted by atomic mass is 10.0. The van der Waals surface area contributed by atoms with Crippen molar-refractivity contribution in [3.63, 3.8) is 0 Å². The number of aryl methyl sites for hydroxylation is 1. The second-order valence-corrected chi connectivity index (χ2v) is 6.30. The standard InChI is InChI=1S/C18H20N4O2/c1-11(2)16(17(23)20-15-8-9-19-21-12(15)3)22-10-13-6-4-5-7-14(13)18(22)24/h4-9,11,16H,10H2,1-3H3,(H,19,20,23)/t16-/m1/s1. The molecule has 1 aromatic carbocycles. The van der Waals surface area contributed by atoms with Crippen LogP contribution in [0.15, 0.2) is 36.5 Å². The third-order valence-electron chi connectivity index (χ3n) is 4.25. The fourth-order valence-corrected chi connectivity index (χ4v) is 3.05. The summed E-state index contributed by atoms with van der Waals surface area (Å²) in [4.78, 5) is 27.2. The normalized spacial score (nSPS) is 14.7. The molecule has 0 saturated heterocycles. The summed E-state index contributed by atoms with van der Waals surface area (Å²) in [6, 6.07) is 8.65. The Morgan fingerprint density at radius 2 is 2.00 bits per heavy atom. The van der Waals surface area contributed by atoms with Gasteiger partial charge in [0, 0.05) is 12.1 Å². The summed E-state index contributed by atoms with van der Waals surface area (Å²) < 4.78 is 0. The van der Waals surface area contributed by atoms with Crippen molar-refractivity contribution < 1.29 is 9.59 Å². The van der Waals surface area contributed by atoms with Crippen molar-refractivity contribution in [3.8, 4) is 0 Å². The molecule has 0 unspecified atom stereocenters. The molecule has 24 heavy (non-hydrogen) atoms. The maximum atomic E-state index is 12.8. The predicted molar refractivity (Wildman–Crippen MR) is 90.3 cm³/mol. The predicted octanol–water partition coefficient (Wildman–Crippen LogP) is 2.40. The molecule has 6 nitrogen and oxygen atoms in total. The van der Waals surface area contributed by atoms with Gasteiger partial charge in [-0.1, -0.05) is 32.0 Å². The number of fused-ring (bicyclic) bond motifs is 1. The summed E-state index contributed by atoms with van der Waals surface area (Å²) in [6.07, 6.45) is 1.53. The molecule has 1 N–H and O–H groups in total. The molecular weight excluding hydrogens is 304 g/mol. The third kappa shape index (κ3) is 2.87. The van der Waals surface area contributed by atoms with Gasteiger partial charge in [-0.15, -0.1) is 0 Å². The van der Waals surface area contributed by atoms with Crippen LogP contribution in [0.4, 0.5) is 5.69 Å². The number of amides is 2. The molecule has 1 aromatic heterocycles. The Hall–Kier alpha value is -2.76. The highest BCUT2D eigenvalue weighted by molar-refractivity contribution is 6.03. The van der Waals surface area contributed by atoms with Gasteiger partial charge in [-0.05, 0) is 30.5 Å². The zero-order valence-electron chi connectivity index (χ0n) is 14.0. The fourth-order valence-electron chi connectivity index (χ4n) is 3.05. The number of nitrogens with one attached hydrogen (secondary N) is 1. The average molecular weight is 324 g/mol. The monoisotopic (exact) mass is 324 g/mol. The molecule has 0 aliphatic carbocycles. The van der Waals surface area contributed by atoms with E-state index in [9.17, 15) is 9.59 Å². The zero-order valence-corrected chi connectivity index (χ0v) is 14.0. The van der Waals surface area contributed by atoms with E-state index in [1.54, 1.807) is 17.9 Å². The molecule has 1 aliphatic rings. The number of hydrogen-bond donors (Lipinski definition) is 1. The Balaban J connectivity index is 1.85. The molecule has 0 radical (unpaired) electrons. The van der Waals surface area contributed by atoms with E-state index in [4.69, 9.17) is 0 Å². The van der Waals surface area contributed by atoms with Crippen LogP contribution < -0.4 is 5.32 Å². The van der Waals surface area contributed by atoms with E-state index in [2.05, 4.69) is 15.5 Å². The molecule has 3 rings (SSSR count). The number of aromatic nitrogens is 2. The number of benzene rings is 1. The largest absolute Gasteiger partial charge is 0.323 e. The van der Waals surface area contributed by atoms with Gasteiger partial charge in [0.2, 0.25) is 5.91 Å². The zero-order chi connectivity index (χ0) is 17.3. The third-order valence-corrected chi connectivity index (χ3v) is 4.25. The van der Waals surface area contributed by atoms with Gasteiger partial charge in [-0.3, -0.25) is 9.59 Å². The molecule has 1 atom stereocenters. The molecule has 2 heterocycles. The van der Waals surface area contributed by atoms with Crippen LogP contribution in [0.25, 0.3) is 0 Å². The quantitative estimate of drug-likeness (QED) is 0.937. The number of anilines is 1. The molecule has 1 aliphatic heterocycles. The van der Waals surface area contributed by atoms with E-state index in [0.717, 1.165) is 5.56 Å². The molecule has 2 amide bonds. The number of carbonyl (C=O) groups excluding carboxylic acids is 2. The lowest BCUT2D eigenvalue weighted by molar-refractivity contribution is -0.122. The van der Waals surface area contributed by atoms with E-state index in [1.807, 2.05) is 38.1 Å². The SMILES string of the molecule is Cc1nnccc1NC(=O)[C@@H](C(C)C)N1Cc2ccccc2C1=O. The van der Waals surface area contributed by atoms with E-state index in [1.165, 1.54) is 6.20 Å². The first-order chi connectivity index (χ1) is 11.5. The molecule has 0 saturated carbocycles. The van der Waals surface area contributed by atoms with Gasteiger partial charge < -0.3 is 10.2 Å². The lowest BCUT2D eigenvalue weighted by Gasteiger charge is -2.30. The first kappa shape index (κ1) is 16.1. The fraction of sp³-hybridized carbons (Fsp3) is 0.333. The maximum Gasteiger partial charge on any atom is 0.255 e. The Bertz CT molecular complexity index is 788. The summed E-state index contributed by atoms with van der Waals surface area (Å²) in [5.74, 6) is -0.315. The van der Waals surface area contributed by atoms with Crippen molar-refractivity contribution >= 4 is 17.5 Å². The first-order valence-electron chi connectivity index (χ1n) is 7.97. The van der Waals surface area contributed by atoms with Crippen LogP contribution in [-0.2, 0) is 11.3 Å². The number of carbonyl (C=O) groups is 2. The van der Waals surface area contributed by atoms with Crippen LogP contribution in [0.1, 0.15) is 35.5 Å². The highest BCUT2D eigenvalue weighted by Gasteiger charge is 2.37. The Morgan fingerprint density at radius 3 is 2.67 bits per heavy atom. The lowest BCUT2D eigenvalue weighted by Crippen LogP contribution is -2.47. The van der Waals surface area contributed by atoms with Crippen LogP contribution in [0.5, 0.6) is 0 Å². The summed E-state index contributed by atoms with van der Waals surface area (Å²) in [5.41, 5.74) is 2.90. The van der Waals surface area contributed by atoms with E-state index in [-0.39, 0.29) is 17.7 Å². The highest BCUT2D eigenvalue weighted by atomic mass is 16.2. The maximum absolute atomic E-state index is 12.8. The number of hydrogen-bond acceptors (Lipinski definition) is 4. The first-order valence-corrected chi connectivity index (χ1v) is 7.97. The molecular formula is C18H20N4O2. The molecule has 124 valence electrons. The van der Waals surface area contributed by atoms with Crippen LogP contribution in [0.3, 0.4) is 0 Å². The summed E-state index contributed by atoms with van der Waals surface area (Å²) in [5, 5.41) is 10.6. The average Bonchev–Trinajstić information content (AvgIpc) is 2.87. The van der Waals surface area contributed by atoms with Gasteiger partial charge in [0.1, 0.15) is 6.04 Å². The minimum Gasteiger partial charge on any atom is -0.323 e. The van der Waals surface area contributed by atoms with Crippen molar-refractivity contribution in [1.29, 1.82) is 0 Å². The molecule has 0 fully saturated rings. The van der Waals surface area contributed by atoms with Crippen molar-refractivity contribution in [1.82, 2.24) is 15.1 Å². The minimum absolute atomic E-state index is 0.0154. The van der Waals surface area contributed by atoms with Crippen LogP contribution in [0.2, 0.25) is 0 Å². The molecule has 2 aromatic rings. The van der Waals surface area contributed by atoms with E-state index >= 15 is 0 Å². The number of nitrogens with zero attached hydrogens (tertiary/aromatic N) is 3. The van der Waals surface area contributed by atoms with Gasteiger partial charge in [-0.2, -0.15) is 10.2 Å².